The van der Waals surface area contributed by atoms with E-state index in [1.807, 2.05) is 0 Å². The molecule has 1 aliphatic carbocycles. The summed E-state index contributed by atoms with van der Waals surface area (Å²) in [7, 11) is 0. The first-order valence-electron chi connectivity index (χ1n) is 5.78. The summed E-state index contributed by atoms with van der Waals surface area (Å²) in [5, 5.41) is 0. The first-order chi connectivity index (χ1) is 7.27. The Bertz CT molecular complexity index is 361. The van der Waals surface area contributed by atoms with Crippen molar-refractivity contribution in [2.45, 2.75) is 25.7 Å². The van der Waals surface area contributed by atoms with Gasteiger partial charge in [0.1, 0.15) is 0 Å². The Hall–Kier alpha value is -0.500. The van der Waals surface area contributed by atoms with Crippen LogP contribution in [0.3, 0.4) is 0 Å². The van der Waals surface area contributed by atoms with Gasteiger partial charge in [0.2, 0.25) is 0 Å². The normalized spacial score (nSPS) is 23.1. The molecular formula is C13H16BrN. The lowest BCUT2D eigenvalue weighted by atomic mass is 9.78. The summed E-state index contributed by atoms with van der Waals surface area (Å²) in [6, 6.07) is 8.65. The summed E-state index contributed by atoms with van der Waals surface area (Å²) in [4.78, 5) is 2.51. The number of halogens is 1. The van der Waals surface area contributed by atoms with E-state index < -0.39 is 0 Å². The Morgan fingerprint density at radius 3 is 2.53 bits per heavy atom. The average molecular weight is 266 g/mol. The maximum absolute atomic E-state index is 3.53. The van der Waals surface area contributed by atoms with E-state index in [-0.39, 0.29) is 0 Å². The molecule has 0 bridgehead atoms. The second-order valence-corrected chi connectivity index (χ2v) is 5.96. The van der Waals surface area contributed by atoms with Crippen molar-refractivity contribution in [2.24, 2.45) is 5.41 Å². The summed E-state index contributed by atoms with van der Waals surface area (Å²) in [6.45, 7) is 2.56. The first kappa shape index (κ1) is 9.71. The number of rotatable bonds is 1. The predicted octanol–water partition coefficient (Wildman–Crippen LogP) is 3.83. The van der Waals surface area contributed by atoms with Crippen LogP contribution in [0, 0.1) is 5.41 Å². The molecule has 0 radical (unpaired) electrons. The van der Waals surface area contributed by atoms with Gasteiger partial charge in [0.25, 0.3) is 0 Å². The third-order valence-electron chi connectivity index (χ3n) is 3.89. The summed E-state index contributed by atoms with van der Waals surface area (Å²) < 4.78 is 1.19. The van der Waals surface area contributed by atoms with Crippen molar-refractivity contribution in [1.29, 1.82) is 0 Å². The molecule has 0 amide bonds. The molecule has 0 unspecified atom stereocenters. The van der Waals surface area contributed by atoms with Crippen LogP contribution in [0.2, 0.25) is 0 Å². The lowest BCUT2D eigenvalue weighted by Crippen LogP contribution is -2.55. The highest BCUT2D eigenvalue weighted by atomic mass is 79.9. The molecular weight excluding hydrogens is 250 g/mol. The third-order valence-corrected chi connectivity index (χ3v) is 4.38. The van der Waals surface area contributed by atoms with Gasteiger partial charge in [-0.25, -0.2) is 0 Å². The van der Waals surface area contributed by atoms with Crippen molar-refractivity contribution in [2.75, 3.05) is 18.0 Å². The highest BCUT2D eigenvalue weighted by molar-refractivity contribution is 9.10. The Morgan fingerprint density at radius 1 is 1.13 bits per heavy atom. The topological polar surface area (TPSA) is 3.24 Å². The van der Waals surface area contributed by atoms with Gasteiger partial charge >= 0.3 is 0 Å². The van der Waals surface area contributed by atoms with Gasteiger partial charge in [0.15, 0.2) is 0 Å². The minimum Gasteiger partial charge on any atom is -0.370 e. The van der Waals surface area contributed by atoms with Gasteiger partial charge in [-0.05, 0) is 31.0 Å². The first-order valence-corrected chi connectivity index (χ1v) is 6.57. The summed E-state index contributed by atoms with van der Waals surface area (Å²) >= 11 is 3.53. The van der Waals surface area contributed by atoms with Crippen molar-refractivity contribution in [1.82, 2.24) is 0 Å². The Labute approximate surface area is 99.6 Å². The molecule has 0 aromatic heterocycles. The summed E-state index contributed by atoms with van der Waals surface area (Å²) in [6.07, 6.45) is 5.81. The zero-order valence-electron chi connectivity index (χ0n) is 8.88. The number of hydrogen-bond acceptors (Lipinski definition) is 1. The monoisotopic (exact) mass is 265 g/mol. The van der Waals surface area contributed by atoms with Gasteiger partial charge in [0, 0.05) is 28.7 Å². The van der Waals surface area contributed by atoms with E-state index in [9.17, 15) is 0 Å². The second-order valence-electron chi connectivity index (χ2n) is 5.04. The number of benzene rings is 1. The van der Waals surface area contributed by atoms with Gasteiger partial charge in [-0.1, -0.05) is 34.8 Å². The van der Waals surface area contributed by atoms with Gasteiger partial charge < -0.3 is 4.90 Å². The van der Waals surface area contributed by atoms with Gasteiger partial charge in [0.05, 0.1) is 0 Å². The van der Waals surface area contributed by atoms with Crippen LogP contribution in [-0.4, -0.2) is 13.1 Å². The minimum absolute atomic E-state index is 0.697. The molecule has 2 fully saturated rings. The molecule has 1 spiro atoms. The third kappa shape index (κ3) is 1.69. The Morgan fingerprint density at radius 2 is 1.87 bits per heavy atom. The molecule has 80 valence electrons. The molecule has 1 aliphatic heterocycles. The van der Waals surface area contributed by atoms with E-state index >= 15 is 0 Å². The van der Waals surface area contributed by atoms with E-state index in [1.54, 1.807) is 0 Å². The molecule has 1 saturated carbocycles. The fraction of sp³-hybridized carbons (Fsp3) is 0.538. The summed E-state index contributed by atoms with van der Waals surface area (Å²) in [5.41, 5.74) is 2.07. The number of nitrogens with zero attached hydrogens (tertiary/aromatic N) is 1. The molecule has 0 atom stereocenters. The molecule has 0 N–H and O–H groups in total. The van der Waals surface area contributed by atoms with Gasteiger partial charge in [-0.15, -0.1) is 0 Å². The van der Waals surface area contributed by atoms with Crippen LogP contribution in [0.4, 0.5) is 5.69 Å². The number of anilines is 1. The number of hydrogen-bond donors (Lipinski definition) is 0. The van der Waals surface area contributed by atoms with Crippen LogP contribution in [0.15, 0.2) is 28.7 Å². The lowest BCUT2D eigenvalue weighted by Gasteiger charge is -2.49. The fourth-order valence-electron chi connectivity index (χ4n) is 3.06. The zero-order chi connectivity index (χ0) is 10.3. The smallest absolute Gasteiger partial charge is 0.0377 e. The standard InChI is InChI=1S/C13H16BrN/c14-11-4-3-5-12(8-11)15-9-13(10-15)6-1-2-7-13/h3-5,8H,1-2,6-7,9-10H2. The maximum Gasteiger partial charge on any atom is 0.0377 e. The van der Waals surface area contributed by atoms with Crippen molar-refractivity contribution < 1.29 is 0 Å². The van der Waals surface area contributed by atoms with Crippen molar-refractivity contribution >= 4 is 21.6 Å². The quantitative estimate of drug-likeness (QED) is 0.746. The summed E-state index contributed by atoms with van der Waals surface area (Å²) in [5.74, 6) is 0. The van der Waals surface area contributed by atoms with Crippen molar-refractivity contribution in [3.63, 3.8) is 0 Å². The zero-order valence-corrected chi connectivity index (χ0v) is 10.5. The highest BCUT2D eigenvalue weighted by Crippen LogP contribution is 2.46. The predicted molar refractivity (Wildman–Crippen MR) is 67.3 cm³/mol. The van der Waals surface area contributed by atoms with Crippen LogP contribution in [0.25, 0.3) is 0 Å². The Balaban J connectivity index is 1.72. The van der Waals surface area contributed by atoms with Crippen molar-refractivity contribution in [3.8, 4) is 0 Å². The molecule has 1 saturated heterocycles. The van der Waals surface area contributed by atoms with E-state index in [2.05, 4.69) is 45.1 Å². The molecule has 2 aliphatic rings. The molecule has 3 rings (SSSR count). The lowest BCUT2D eigenvalue weighted by molar-refractivity contribution is 0.222. The maximum atomic E-state index is 3.53. The van der Waals surface area contributed by atoms with Gasteiger partial charge in [-0.2, -0.15) is 0 Å². The molecule has 1 nitrogen and oxygen atoms in total. The van der Waals surface area contributed by atoms with E-state index in [1.165, 1.54) is 48.9 Å². The van der Waals surface area contributed by atoms with E-state index in [0.717, 1.165) is 0 Å². The molecule has 1 heterocycles. The van der Waals surface area contributed by atoms with Crippen LogP contribution in [-0.2, 0) is 0 Å². The van der Waals surface area contributed by atoms with Crippen LogP contribution in [0.1, 0.15) is 25.7 Å². The molecule has 2 heteroatoms. The van der Waals surface area contributed by atoms with Crippen LogP contribution >= 0.6 is 15.9 Å². The van der Waals surface area contributed by atoms with Crippen LogP contribution in [0.5, 0.6) is 0 Å². The van der Waals surface area contributed by atoms with Crippen LogP contribution < -0.4 is 4.90 Å². The fourth-order valence-corrected chi connectivity index (χ4v) is 3.45. The largest absolute Gasteiger partial charge is 0.370 e. The minimum atomic E-state index is 0.697. The van der Waals surface area contributed by atoms with E-state index in [0.29, 0.717) is 5.41 Å². The van der Waals surface area contributed by atoms with E-state index in [4.69, 9.17) is 0 Å². The van der Waals surface area contributed by atoms with Crippen molar-refractivity contribution in [3.05, 3.63) is 28.7 Å². The molecule has 1 aromatic carbocycles. The second kappa shape index (κ2) is 3.51. The molecule has 1 aromatic rings. The SMILES string of the molecule is Brc1cccc(N2CC3(CCCC3)C2)c1. The highest BCUT2D eigenvalue weighted by Gasteiger charge is 2.44. The van der Waals surface area contributed by atoms with Gasteiger partial charge in [-0.3, -0.25) is 0 Å². The average Bonchev–Trinajstić information content (AvgIpc) is 2.64. The Kier molecular flexibility index (Phi) is 2.27. The molecule has 15 heavy (non-hydrogen) atoms.